The zero-order chi connectivity index (χ0) is 27.6. The smallest absolute Gasteiger partial charge is 0.227 e. The number of piperidine rings is 1. The monoisotopic (exact) mass is 567 g/mol. The highest BCUT2D eigenvalue weighted by Crippen LogP contribution is 2.41. The lowest BCUT2D eigenvalue weighted by atomic mass is 10.0. The molecule has 2 saturated heterocycles. The Hall–Kier alpha value is -3.47. The van der Waals surface area contributed by atoms with Crippen LogP contribution in [0.15, 0.2) is 36.5 Å². The summed E-state index contributed by atoms with van der Waals surface area (Å²) in [6.07, 6.45) is 4.34. The number of benzene rings is 2. The highest BCUT2D eigenvalue weighted by atomic mass is 35.5. The van der Waals surface area contributed by atoms with Gasteiger partial charge in [0.05, 0.1) is 48.6 Å². The quantitative estimate of drug-likeness (QED) is 0.428. The summed E-state index contributed by atoms with van der Waals surface area (Å²) in [4.78, 5) is 13.9. The normalized spacial score (nSPS) is 19.5. The Morgan fingerprint density at radius 2 is 1.75 bits per heavy atom. The fourth-order valence-corrected chi connectivity index (χ4v) is 5.94. The lowest BCUT2D eigenvalue weighted by Gasteiger charge is -2.38. The van der Waals surface area contributed by atoms with Gasteiger partial charge in [0.15, 0.2) is 11.5 Å². The molecule has 11 heteroatoms. The Labute approximate surface area is 238 Å². The molecule has 10 nitrogen and oxygen atoms in total. The molecule has 1 unspecified atom stereocenters. The zero-order valence-electron chi connectivity index (χ0n) is 22.7. The minimum absolute atomic E-state index is 0.190. The van der Waals surface area contributed by atoms with Gasteiger partial charge in [-0.25, -0.2) is 9.97 Å². The maximum atomic E-state index is 9.93. The molecular formula is C29H34ClN5O5. The van der Waals surface area contributed by atoms with Gasteiger partial charge in [-0.15, -0.1) is 0 Å². The van der Waals surface area contributed by atoms with E-state index >= 15 is 0 Å². The van der Waals surface area contributed by atoms with Crippen molar-refractivity contribution in [3.05, 3.63) is 41.6 Å². The van der Waals surface area contributed by atoms with Crippen molar-refractivity contribution in [2.75, 3.05) is 63.8 Å². The van der Waals surface area contributed by atoms with Crippen molar-refractivity contribution in [2.24, 2.45) is 0 Å². The number of aromatic nitrogens is 2. The molecule has 3 aromatic rings. The highest BCUT2D eigenvalue weighted by Gasteiger charge is 2.31. The molecule has 0 aliphatic carbocycles. The van der Waals surface area contributed by atoms with E-state index in [4.69, 9.17) is 35.5 Å². The van der Waals surface area contributed by atoms with Gasteiger partial charge >= 0.3 is 0 Å². The number of halogens is 1. The minimum atomic E-state index is -0.190. The van der Waals surface area contributed by atoms with E-state index in [9.17, 15) is 5.11 Å². The predicted octanol–water partition coefficient (Wildman–Crippen LogP) is 4.36. The van der Waals surface area contributed by atoms with Crippen LogP contribution in [-0.2, 0) is 0 Å². The van der Waals surface area contributed by atoms with Crippen molar-refractivity contribution in [2.45, 2.75) is 31.4 Å². The first-order valence-corrected chi connectivity index (χ1v) is 14.0. The molecule has 40 heavy (non-hydrogen) atoms. The van der Waals surface area contributed by atoms with Crippen LogP contribution in [0.5, 0.6) is 23.0 Å². The molecule has 0 bridgehead atoms. The van der Waals surface area contributed by atoms with Crippen molar-refractivity contribution < 1.29 is 24.1 Å². The fraction of sp³-hybridized carbons (Fsp3) is 0.448. The minimum Gasteiger partial charge on any atom is -0.494 e. The third-order valence-corrected chi connectivity index (χ3v) is 8.10. The number of β-amino-alcohol motifs (C(OH)–C–C–N with tert-alkyl or cyclic N) is 1. The van der Waals surface area contributed by atoms with E-state index in [1.807, 2.05) is 30.3 Å². The second-order valence-corrected chi connectivity index (χ2v) is 10.7. The molecule has 0 radical (unpaired) electrons. The van der Waals surface area contributed by atoms with Crippen molar-refractivity contribution in [1.29, 1.82) is 0 Å². The summed E-state index contributed by atoms with van der Waals surface area (Å²) in [5, 5.41) is 13.6. The van der Waals surface area contributed by atoms with Crippen molar-refractivity contribution in [3.63, 3.8) is 0 Å². The number of aliphatic hydroxyl groups excluding tert-OH is 1. The number of ether oxygens (including phenoxy) is 4. The molecule has 3 aliphatic rings. The third-order valence-electron chi connectivity index (χ3n) is 7.82. The standard InChI is InChI=1S/C29H34ClN5O5/c1-37-25-15-23(34-8-5-19(6-9-34)35-10-7-20(36)17-35)26(38-2)14-22(25)32-29-31-16-21(30)28(33-29)18-3-4-24-27(13-18)40-12-11-39-24/h3-4,13-16,19-20,36H,5-12,17H2,1-2H3,(H,31,32,33). The summed E-state index contributed by atoms with van der Waals surface area (Å²) in [7, 11) is 3.32. The van der Waals surface area contributed by atoms with E-state index < -0.39 is 0 Å². The van der Waals surface area contributed by atoms with Gasteiger partial charge in [-0.3, -0.25) is 4.90 Å². The number of anilines is 3. The van der Waals surface area contributed by atoms with Crippen LogP contribution in [0.4, 0.5) is 17.3 Å². The molecule has 6 rings (SSSR count). The second kappa shape index (κ2) is 11.6. The van der Waals surface area contributed by atoms with E-state index in [-0.39, 0.29) is 6.10 Å². The molecule has 1 atom stereocenters. The summed E-state index contributed by atoms with van der Waals surface area (Å²) in [6, 6.07) is 10.1. The molecule has 2 aromatic carbocycles. The van der Waals surface area contributed by atoms with E-state index in [1.165, 1.54) is 0 Å². The first-order valence-electron chi connectivity index (χ1n) is 13.6. The first kappa shape index (κ1) is 26.7. The van der Waals surface area contributed by atoms with E-state index in [0.717, 1.165) is 62.4 Å². The molecule has 2 fully saturated rings. The van der Waals surface area contributed by atoms with Crippen LogP contribution in [0.25, 0.3) is 11.3 Å². The summed E-state index contributed by atoms with van der Waals surface area (Å²) >= 11 is 6.50. The maximum absolute atomic E-state index is 9.93. The van der Waals surface area contributed by atoms with Gasteiger partial charge in [-0.2, -0.15) is 0 Å². The lowest BCUT2D eigenvalue weighted by Crippen LogP contribution is -2.44. The maximum Gasteiger partial charge on any atom is 0.227 e. The van der Waals surface area contributed by atoms with E-state index in [2.05, 4.69) is 20.1 Å². The number of likely N-dealkylation sites (tertiary alicyclic amines) is 1. The van der Waals surface area contributed by atoms with Crippen LogP contribution < -0.4 is 29.2 Å². The van der Waals surface area contributed by atoms with Gasteiger partial charge in [0.2, 0.25) is 5.95 Å². The molecule has 1 aromatic heterocycles. The molecule has 2 N–H and O–H groups in total. The zero-order valence-corrected chi connectivity index (χ0v) is 23.5. The average molecular weight is 568 g/mol. The molecule has 0 spiro atoms. The molecule has 4 heterocycles. The van der Waals surface area contributed by atoms with E-state index in [0.29, 0.717) is 58.9 Å². The number of methoxy groups -OCH3 is 2. The number of fused-ring (bicyclic) bond motifs is 1. The van der Waals surface area contributed by atoms with Crippen LogP contribution in [-0.4, -0.2) is 85.7 Å². The summed E-state index contributed by atoms with van der Waals surface area (Å²) in [5.41, 5.74) is 3.04. The van der Waals surface area contributed by atoms with Crippen molar-refractivity contribution in [1.82, 2.24) is 14.9 Å². The first-order chi connectivity index (χ1) is 19.5. The van der Waals surface area contributed by atoms with Crippen LogP contribution >= 0.6 is 11.6 Å². The van der Waals surface area contributed by atoms with Gasteiger partial charge in [0.1, 0.15) is 24.7 Å². The molecule has 0 amide bonds. The molecule has 3 aliphatic heterocycles. The number of aliphatic hydroxyl groups is 1. The number of hydrogen-bond acceptors (Lipinski definition) is 10. The molecule has 212 valence electrons. The Morgan fingerprint density at radius 1 is 0.975 bits per heavy atom. The van der Waals surface area contributed by atoms with Gasteiger partial charge in [-0.1, -0.05) is 11.6 Å². The largest absolute Gasteiger partial charge is 0.494 e. The Morgan fingerprint density at radius 3 is 2.48 bits per heavy atom. The van der Waals surface area contributed by atoms with E-state index in [1.54, 1.807) is 20.4 Å². The van der Waals surface area contributed by atoms with Crippen molar-refractivity contribution in [3.8, 4) is 34.3 Å². The number of hydrogen-bond donors (Lipinski definition) is 2. The SMILES string of the molecule is COc1cc(N2CCC(N3CCC(O)C3)CC2)c(OC)cc1Nc1ncc(Cl)c(-c2ccc3c(c2)OCCO3)n1. The Kier molecular flexibility index (Phi) is 7.73. The molecular weight excluding hydrogens is 534 g/mol. The topological polar surface area (TPSA) is 101 Å². The van der Waals surface area contributed by atoms with Gasteiger partial charge < -0.3 is 34.3 Å². The lowest BCUT2D eigenvalue weighted by molar-refractivity contribution is 0.148. The number of nitrogens with zero attached hydrogens (tertiary/aromatic N) is 4. The Bertz CT molecular complexity index is 1370. The van der Waals surface area contributed by atoms with Crippen LogP contribution in [0.1, 0.15) is 19.3 Å². The summed E-state index contributed by atoms with van der Waals surface area (Å²) < 4.78 is 23.0. The summed E-state index contributed by atoms with van der Waals surface area (Å²) in [6.45, 7) is 4.60. The van der Waals surface area contributed by atoms with Crippen molar-refractivity contribution >= 4 is 28.9 Å². The molecule has 0 saturated carbocycles. The second-order valence-electron chi connectivity index (χ2n) is 10.3. The van der Waals surface area contributed by atoms with Gasteiger partial charge in [0, 0.05) is 49.9 Å². The third kappa shape index (κ3) is 5.43. The number of rotatable bonds is 7. The fourth-order valence-electron chi connectivity index (χ4n) is 5.74. The Balaban J connectivity index is 1.22. The van der Waals surface area contributed by atoms with Crippen LogP contribution in [0.3, 0.4) is 0 Å². The number of nitrogens with one attached hydrogen (secondary N) is 1. The van der Waals surface area contributed by atoms with Crippen LogP contribution in [0.2, 0.25) is 5.02 Å². The summed E-state index contributed by atoms with van der Waals surface area (Å²) in [5.74, 6) is 3.13. The van der Waals surface area contributed by atoms with Gasteiger partial charge in [-0.05, 0) is 37.5 Å². The van der Waals surface area contributed by atoms with Crippen LogP contribution in [0, 0.1) is 0 Å². The average Bonchev–Trinajstić information content (AvgIpc) is 3.44. The van der Waals surface area contributed by atoms with Gasteiger partial charge in [0.25, 0.3) is 0 Å². The predicted molar refractivity (Wildman–Crippen MR) is 154 cm³/mol. The highest BCUT2D eigenvalue weighted by molar-refractivity contribution is 6.32.